The van der Waals surface area contributed by atoms with E-state index in [-0.39, 0.29) is 5.56 Å². The second-order valence-corrected chi connectivity index (χ2v) is 7.60. The van der Waals surface area contributed by atoms with Crippen LogP contribution in [0.2, 0.25) is 0 Å². The van der Waals surface area contributed by atoms with Crippen molar-refractivity contribution in [1.82, 2.24) is 23.1 Å². The van der Waals surface area contributed by atoms with E-state index in [9.17, 15) is 9.59 Å². The van der Waals surface area contributed by atoms with Crippen molar-refractivity contribution in [2.45, 2.75) is 13.8 Å². The Balaban J connectivity index is 2.05. The summed E-state index contributed by atoms with van der Waals surface area (Å²) in [4.78, 5) is 30.3. The maximum absolute atomic E-state index is 13.1. The summed E-state index contributed by atoms with van der Waals surface area (Å²) >= 11 is 0. The van der Waals surface area contributed by atoms with E-state index in [0.29, 0.717) is 16.9 Å². The van der Waals surface area contributed by atoms with Gasteiger partial charge in [0, 0.05) is 31.0 Å². The average Bonchev–Trinajstić information content (AvgIpc) is 3.27. The summed E-state index contributed by atoms with van der Waals surface area (Å²) in [5.74, 6) is 0.602. The van der Waals surface area contributed by atoms with Crippen LogP contribution in [0.4, 0.5) is 0 Å². The molecule has 2 aromatic carbocycles. The standard InChI is InChI=1S/C23H21N5O2/c1-14-9-8-12-17(13-14)28-18(16-10-6-5-7-11-16)15(2)27-19-20(24-22(27)28)25(3)23(30)26(4)21(19)29/h5-13H,1-4H3. The number of nitrogens with zero attached hydrogens (tertiary/aromatic N) is 5. The van der Waals surface area contributed by atoms with Crippen LogP contribution in [0.15, 0.2) is 64.2 Å². The van der Waals surface area contributed by atoms with Gasteiger partial charge in [-0.25, -0.2) is 4.79 Å². The van der Waals surface area contributed by atoms with Crippen LogP contribution in [0.1, 0.15) is 11.3 Å². The van der Waals surface area contributed by atoms with Crippen molar-refractivity contribution in [2.75, 3.05) is 0 Å². The molecule has 7 nitrogen and oxygen atoms in total. The van der Waals surface area contributed by atoms with Gasteiger partial charge in [0.2, 0.25) is 5.78 Å². The first-order valence-corrected chi connectivity index (χ1v) is 9.72. The highest BCUT2D eigenvalue weighted by Gasteiger charge is 2.24. The van der Waals surface area contributed by atoms with Gasteiger partial charge in [0.05, 0.1) is 5.69 Å². The van der Waals surface area contributed by atoms with E-state index >= 15 is 0 Å². The minimum atomic E-state index is -0.392. The lowest BCUT2D eigenvalue weighted by molar-refractivity contribution is 0.707. The van der Waals surface area contributed by atoms with Gasteiger partial charge in [0.1, 0.15) is 0 Å². The zero-order chi connectivity index (χ0) is 21.2. The predicted octanol–water partition coefficient (Wildman–Crippen LogP) is 2.96. The molecule has 0 bridgehead atoms. The van der Waals surface area contributed by atoms with Gasteiger partial charge in [-0.3, -0.25) is 22.9 Å². The van der Waals surface area contributed by atoms with E-state index in [1.807, 2.05) is 66.8 Å². The Hall–Kier alpha value is -3.87. The minimum Gasteiger partial charge on any atom is -0.279 e. The van der Waals surface area contributed by atoms with Crippen molar-refractivity contribution in [2.24, 2.45) is 14.1 Å². The van der Waals surface area contributed by atoms with Gasteiger partial charge in [-0.2, -0.15) is 4.98 Å². The molecule has 0 aliphatic carbocycles. The van der Waals surface area contributed by atoms with E-state index < -0.39 is 5.69 Å². The maximum Gasteiger partial charge on any atom is 0.332 e. The zero-order valence-electron chi connectivity index (χ0n) is 17.2. The molecule has 0 saturated carbocycles. The first kappa shape index (κ1) is 18.2. The normalized spacial score (nSPS) is 11.6. The van der Waals surface area contributed by atoms with Gasteiger partial charge in [-0.15, -0.1) is 0 Å². The molecule has 3 heterocycles. The molecule has 30 heavy (non-hydrogen) atoms. The van der Waals surface area contributed by atoms with Gasteiger partial charge in [-0.05, 0) is 31.5 Å². The molecular formula is C23H21N5O2. The number of imidazole rings is 2. The van der Waals surface area contributed by atoms with E-state index in [1.165, 1.54) is 11.6 Å². The molecule has 150 valence electrons. The molecule has 0 aliphatic rings. The monoisotopic (exact) mass is 399 g/mol. The number of aromatic nitrogens is 5. The average molecular weight is 399 g/mol. The van der Waals surface area contributed by atoms with Crippen LogP contribution in [-0.4, -0.2) is 23.1 Å². The number of hydrogen-bond donors (Lipinski definition) is 0. The highest BCUT2D eigenvalue weighted by Crippen LogP contribution is 2.32. The Bertz CT molecular complexity index is 1570. The summed E-state index contributed by atoms with van der Waals surface area (Å²) in [6.07, 6.45) is 0. The van der Waals surface area contributed by atoms with E-state index in [1.54, 1.807) is 7.05 Å². The van der Waals surface area contributed by atoms with Crippen LogP contribution in [0.3, 0.4) is 0 Å². The lowest BCUT2D eigenvalue weighted by atomic mass is 10.1. The Kier molecular flexibility index (Phi) is 3.83. The molecule has 0 radical (unpaired) electrons. The van der Waals surface area contributed by atoms with Gasteiger partial charge < -0.3 is 0 Å². The highest BCUT2D eigenvalue weighted by atomic mass is 16.2. The van der Waals surface area contributed by atoms with Gasteiger partial charge in [0.25, 0.3) is 5.56 Å². The number of fused-ring (bicyclic) bond motifs is 3. The molecular weight excluding hydrogens is 378 g/mol. The Morgan fingerprint density at radius 3 is 2.30 bits per heavy atom. The van der Waals surface area contributed by atoms with E-state index in [4.69, 9.17) is 4.98 Å². The summed E-state index contributed by atoms with van der Waals surface area (Å²) in [5.41, 5.74) is 4.97. The molecule has 5 rings (SSSR count). The largest absolute Gasteiger partial charge is 0.332 e. The van der Waals surface area contributed by atoms with Crippen LogP contribution in [0.25, 0.3) is 33.9 Å². The summed E-state index contributed by atoms with van der Waals surface area (Å²) in [5, 5.41) is 0. The van der Waals surface area contributed by atoms with Crippen LogP contribution in [0, 0.1) is 13.8 Å². The lowest BCUT2D eigenvalue weighted by Gasteiger charge is -2.11. The number of rotatable bonds is 2. The van der Waals surface area contributed by atoms with Crippen molar-refractivity contribution < 1.29 is 0 Å². The molecule has 0 atom stereocenters. The third kappa shape index (κ3) is 2.35. The number of hydrogen-bond acceptors (Lipinski definition) is 3. The van der Waals surface area contributed by atoms with Gasteiger partial charge in [0.15, 0.2) is 11.2 Å². The minimum absolute atomic E-state index is 0.357. The molecule has 0 fully saturated rings. The number of aryl methyl sites for hydroxylation is 3. The molecule has 0 unspecified atom stereocenters. The van der Waals surface area contributed by atoms with Crippen LogP contribution < -0.4 is 11.2 Å². The van der Waals surface area contributed by atoms with Crippen molar-refractivity contribution in [1.29, 1.82) is 0 Å². The maximum atomic E-state index is 13.1. The second-order valence-electron chi connectivity index (χ2n) is 7.60. The molecule has 0 amide bonds. The molecule has 0 N–H and O–H groups in total. The summed E-state index contributed by atoms with van der Waals surface area (Å²) in [6, 6.07) is 18.2. The fourth-order valence-electron chi connectivity index (χ4n) is 4.17. The molecule has 7 heteroatoms. The zero-order valence-corrected chi connectivity index (χ0v) is 17.2. The fraction of sp³-hybridized carbons (Fsp3) is 0.174. The SMILES string of the molecule is Cc1cccc(-n2c(-c3ccccc3)c(C)n3c4c(=O)n(C)c(=O)n(C)c4nc23)c1. The van der Waals surface area contributed by atoms with E-state index in [0.717, 1.165) is 32.8 Å². The smallest absolute Gasteiger partial charge is 0.279 e. The highest BCUT2D eigenvalue weighted by molar-refractivity contribution is 5.81. The first-order chi connectivity index (χ1) is 14.4. The Morgan fingerprint density at radius 1 is 0.867 bits per heavy atom. The van der Waals surface area contributed by atoms with Crippen molar-refractivity contribution >= 4 is 16.9 Å². The van der Waals surface area contributed by atoms with Crippen molar-refractivity contribution in [3.8, 4) is 16.9 Å². The lowest BCUT2D eigenvalue weighted by Crippen LogP contribution is -2.37. The van der Waals surface area contributed by atoms with E-state index in [2.05, 4.69) is 10.6 Å². The Labute approximate surface area is 172 Å². The second kappa shape index (κ2) is 6.32. The molecule has 0 spiro atoms. The summed E-state index contributed by atoms with van der Waals surface area (Å²) in [6.45, 7) is 4.02. The van der Waals surface area contributed by atoms with Crippen molar-refractivity contribution in [3.63, 3.8) is 0 Å². The Morgan fingerprint density at radius 2 is 1.60 bits per heavy atom. The summed E-state index contributed by atoms with van der Waals surface area (Å²) in [7, 11) is 3.13. The first-order valence-electron chi connectivity index (χ1n) is 9.72. The third-order valence-corrected chi connectivity index (χ3v) is 5.65. The molecule has 5 aromatic rings. The van der Waals surface area contributed by atoms with Crippen LogP contribution >= 0.6 is 0 Å². The van der Waals surface area contributed by atoms with Crippen LogP contribution in [0.5, 0.6) is 0 Å². The predicted molar refractivity (Wildman–Crippen MR) is 117 cm³/mol. The van der Waals surface area contributed by atoms with Gasteiger partial charge >= 0.3 is 5.69 Å². The third-order valence-electron chi connectivity index (χ3n) is 5.65. The molecule has 0 saturated heterocycles. The van der Waals surface area contributed by atoms with Crippen LogP contribution in [-0.2, 0) is 14.1 Å². The van der Waals surface area contributed by atoms with Crippen molar-refractivity contribution in [3.05, 3.63) is 86.7 Å². The summed E-state index contributed by atoms with van der Waals surface area (Å²) < 4.78 is 6.47. The fourth-order valence-corrected chi connectivity index (χ4v) is 4.17. The number of benzene rings is 2. The molecule has 3 aromatic heterocycles. The quantitative estimate of drug-likeness (QED) is 0.458. The molecule has 0 aliphatic heterocycles. The topological polar surface area (TPSA) is 66.2 Å². The van der Waals surface area contributed by atoms with Gasteiger partial charge in [-0.1, -0.05) is 42.5 Å².